The fourth-order valence-corrected chi connectivity index (χ4v) is 4.80. The van der Waals surface area contributed by atoms with E-state index in [1.165, 1.54) is 35.4 Å². The minimum atomic E-state index is -4.44. The Balaban J connectivity index is 1.38. The highest BCUT2D eigenvalue weighted by Gasteiger charge is 2.51. The average Bonchev–Trinajstić information content (AvgIpc) is 3.04. The topological polar surface area (TPSA) is 107 Å². The minimum absolute atomic E-state index is 0.0476. The standard InChI is InChI=1S/C25H29F3N6O4S/c1-24(2)21(35)34(18-3-5-19(6-4-18)39-25(26,27)28)23(37)33(24)16-17-7-8-29-20(15-17)31-22(36)30-9-10-32-11-13-38-14-12-32/h3-8,15H,9-14,16H2,1-2H3,(H2,29,30,31,36). The van der Waals surface area contributed by atoms with Crippen LogP contribution in [0.1, 0.15) is 19.4 Å². The van der Waals surface area contributed by atoms with Crippen LogP contribution in [0.2, 0.25) is 0 Å². The Bertz CT molecular complexity index is 1210. The fraction of sp³-hybridized carbons (Fsp3) is 0.440. The van der Waals surface area contributed by atoms with Crippen LogP contribution >= 0.6 is 11.8 Å². The highest BCUT2D eigenvalue weighted by molar-refractivity contribution is 8.00. The second-order valence-corrected chi connectivity index (χ2v) is 10.6. The largest absolute Gasteiger partial charge is 0.446 e. The van der Waals surface area contributed by atoms with Crippen LogP contribution in [0.5, 0.6) is 0 Å². The molecule has 0 bridgehead atoms. The summed E-state index contributed by atoms with van der Waals surface area (Å²) in [7, 11) is 0. The van der Waals surface area contributed by atoms with Crippen LogP contribution in [-0.4, -0.2) is 83.2 Å². The molecule has 2 aliphatic heterocycles. The summed E-state index contributed by atoms with van der Waals surface area (Å²) in [4.78, 5) is 47.4. The molecular weight excluding hydrogens is 537 g/mol. The first-order valence-corrected chi connectivity index (χ1v) is 13.1. The van der Waals surface area contributed by atoms with Gasteiger partial charge in [-0.15, -0.1) is 0 Å². The van der Waals surface area contributed by atoms with E-state index in [4.69, 9.17) is 4.74 Å². The molecule has 2 aliphatic rings. The van der Waals surface area contributed by atoms with E-state index in [-0.39, 0.29) is 34.7 Å². The first-order valence-electron chi connectivity index (χ1n) is 12.3. The molecule has 2 saturated heterocycles. The second kappa shape index (κ2) is 11.8. The summed E-state index contributed by atoms with van der Waals surface area (Å²) in [6.45, 7) is 7.40. The fourth-order valence-electron chi connectivity index (χ4n) is 4.26. The lowest BCUT2D eigenvalue weighted by molar-refractivity contribution is -0.123. The van der Waals surface area contributed by atoms with Crippen molar-refractivity contribution >= 4 is 41.2 Å². The van der Waals surface area contributed by atoms with E-state index in [1.807, 2.05) is 0 Å². The Morgan fingerprint density at radius 2 is 1.82 bits per heavy atom. The number of halogens is 3. The van der Waals surface area contributed by atoms with Gasteiger partial charge in [-0.25, -0.2) is 19.5 Å². The van der Waals surface area contributed by atoms with Gasteiger partial charge in [0, 0.05) is 43.8 Å². The second-order valence-electron chi connectivity index (χ2n) is 9.49. The summed E-state index contributed by atoms with van der Waals surface area (Å²) in [5.41, 5.74) is -4.86. The van der Waals surface area contributed by atoms with Gasteiger partial charge in [0.15, 0.2) is 0 Å². The number of anilines is 2. The van der Waals surface area contributed by atoms with Crippen molar-refractivity contribution in [3.63, 3.8) is 0 Å². The molecule has 5 amide bonds. The highest BCUT2D eigenvalue weighted by Crippen LogP contribution is 2.39. The number of aromatic nitrogens is 1. The van der Waals surface area contributed by atoms with Crippen molar-refractivity contribution in [2.24, 2.45) is 0 Å². The Morgan fingerprint density at radius 1 is 1.13 bits per heavy atom. The van der Waals surface area contributed by atoms with Gasteiger partial charge < -0.3 is 15.0 Å². The van der Waals surface area contributed by atoms with Gasteiger partial charge >= 0.3 is 17.6 Å². The molecule has 0 spiro atoms. The van der Waals surface area contributed by atoms with Gasteiger partial charge in [0.2, 0.25) is 0 Å². The SMILES string of the molecule is CC1(C)C(=O)N(c2ccc(SC(F)(F)F)cc2)C(=O)N1Cc1ccnc(NC(=O)NCCN2CCOCC2)c1. The lowest BCUT2D eigenvalue weighted by Gasteiger charge is -2.27. The molecule has 2 aromatic rings. The van der Waals surface area contributed by atoms with Crippen molar-refractivity contribution in [3.05, 3.63) is 48.2 Å². The van der Waals surface area contributed by atoms with E-state index in [0.717, 1.165) is 18.0 Å². The Kier molecular flexibility index (Phi) is 8.67. The number of alkyl halides is 3. The van der Waals surface area contributed by atoms with Gasteiger partial charge in [0.05, 0.1) is 18.9 Å². The Morgan fingerprint density at radius 3 is 2.49 bits per heavy atom. The van der Waals surface area contributed by atoms with Crippen molar-refractivity contribution in [2.75, 3.05) is 49.6 Å². The number of thioether (sulfide) groups is 1. The summed E-state index contributed by atoms with van der Waals surface area (Å²) in [5.74, 6) is -0.225. The van der Waals surface area contributed by atoms with Gasteiger partial charge in [-0.1, -0.05) is 0 Å². The maximum absolute atomic E-state index is 13.3. The number of carbonyl (C=O) groups is 3. The molecule has 2 N–H and O–H groups in total. The zero-order chi connectivity index (χ0) is 28.2. The van der Waals surface area contributed by atoms with Crippen molar-refractivity contribution < 1.29 is 32.3 Å². The average molecular weight is 567 g/mol. The number of benzene rings is 1. The minimum Gasteiger partial charge on any atom is -0.379 e. The predicted octanol–water partition coefficient (Wildman–Crippen LogP) is 3.89. The molecule has 10 nitrogen and oxygen atoms in total. The van der Waals surface area contributed by atoms with Gasteiger partial charge in [-0.05, 0) is 67.6 Å². The molecule has 0 unspecified atom stereocenters. The molecule has 1 aromatic carbocycles. The number of morpholine rings is 1. The van der Waals surface area contributed by atoms with Crippen LogP contribution in [0.15, 0.2) is 47.5 Å². The van der Waals surface area contributed by atoms with E-state index in [9.17, 15) is 27.6 Å². The van der Waals surface area contributed by atoms with E-state index >= 15 is 0 Å². The van der Waals surface area contributed by atoms with Crippen molar-refractivity contribution in [1.82, 2.24) is 20.1 Å². The van der Waals surface area contributed by atoms with Crippen molar-refractivity contribution in [1.29, 1.82) is 0 Å². The number of hydrogen-bond acceptors (Lipinski definition) is 7. The lowest BCUT2D eigenvalue weighted by atomic mass is 10.0. The van der Waals surface area contributed by atoms with Gasteiger partial charge in [-0.2, -0.15) is 13.2 Å². The van der Waals surface area contributed by atoms with E-state index in [0.29, 0.717) is 31.9 Å². The summed E-state index contributed by atoms with van der Waals surface area (Å²) >= 11 is -0.274. The molecule has 0 saturated carbocycles. The summed E-state index contributed by atoms with van der Waals surface area (Å²) < 4.78 is 43.3. The summed E-state index contributed by atoms with van der Waals surface area (Å²) in [5, 5.41) is 5.46. The first kappa shape index (κ1) is 28.6. The van der Waals surface area contributed by atoms with Crippen LogP contribution in [0.25, 0.3) is 0 Å². The zero-order valence-corrected chi connectivity index (χ0v) is 22.3. The van der Waals surface area contributed by atoms with Crippen molar-refractivity contribution in [2.45, 2.75) is 36.3 Å². The molecule has 210 valence electrons. The van der Waals surface area contributed by atoms with E-state index < -0.39 is 29.0 Å². The zero-order valence-electron chi connectivity index (χ0n) is 21.5. The normalized spacial score (nSPS) is 18.0. The molecule has 0 radical (unpaired) electrons. The van der Waals surface area contributed by atoms with Crippen molar-refractivity contribution in [3.8, 4) is 0 Å². The number of ether oxygens (including phenoxy) is 1. The lowest BCUT2D eigenvalue weighted by Crippen LogP contribution is -2.43. The number of urea groups is 2. The molecule has 4 rings (SSSR count). The third kappa shape index (κ3) is 7.19. The molecule has 14 heteroatoms. The number of pyridine rings is 1. The van der Waals surface area contributed by atoms with Crippen LogP contribution in [0.3, 0.4) is 0 Å². The van der Waals surface area contributed by atoms with Crippen LogP contribution in [0, 0.1) is 0 Å². The summed E-state index contributed by atoms with van der Waals surface area (Å²) in [6, 6.07) is 7.33. The van der Waals surface area contributed by atoms with Gasteiger partial charge in [-0.3, -0.25) is 15.0 Å². The maximum Gasteiger partial charge on any atom is 0.446 e. The Hall–Kier alpha value is -3.36. The number of rotatable bonds is 8. The number of amides is 5. The van der Waals surface area contributed by atoms with E-state index in [1.54, 1.807) is 26.0 Å². The van der Waals surface area contributed by atoms with Crippen LogP contribution in [-0.2, 0) is 16.1 Å². The molecular formula is C25H29F3N6O4S. The third-order valence-electron chi connectivity index (χ3n) is 6.38. The number of hydrogen-bond donors (Lipinski definition) is 2. The third-order valence-corrected chi connectivity index (χ3v) is 7.12. The van der Waals surface area contributed by atoms with Crippen LogP contribution in [0.4, 0.5) is 34.3 Å². The van der Waals surface area contributed by atoms with E-state index in [2.05, 4.69) is 20.5 Å². The Labute approximate surface area is 227 Å². The highest BCUT2D eigenvalue weighted by atomic mass is 32.2. The number of imide groups is 1. The van der Waals surface area contributed by atoms with Crippen LogP contribution < -0.4 is 15.5 Å². The monoisotopic (exact) mass is 566 g/mol. The summed E-state index contributed by atoms with van der Waals surface area (Å²) in [6.07, 6.45) is 1.49. The van der Waals surface area contributed by atoms with Gasteiger partial charge in [0.1, 0.15) is 11.4 Å². The predicted molar refractivity (Wildman–Crippen MR) is 139 cm³/mol. The first-order chi connectivity index (χ1) is 18.4. The molecule has 1 aromatic heterocycles. The molecule has 0 atom stereocenters. The number of nitrogens with one attached hydrogen (secondary N) is 2. The number of nitrogens with zero attached hydrogens (tertiary/aromatic N) is 4. The smallest absolute Gasteiger partial charge is 0.379 e. The van der Waals surface area contributed by atoms with Gasteiger partial charge in [0.25, 0.3) is 5.91 Å². The molecule has 0 aliphatic carbocycles. The maximum atomic E-state index is 13.3. The molecule has 2 fully saturated rings. The molecule has 39 heavy (non-hydrogen) atoms. The quantitative estimate of drug-likeness (QED) is 0.369. The number of carbonyl (C=O) groups excluding carboxylic acids is 3. The molecule has 3 heterocycles.